The van der Waals surface area contributed by atoms with E-state index in [-0.39, 0.29) is 46.4 Å². The third-order valence-corrected chi connectivity index (χ3v) is 5.87. The average molecular weight is 496 g/mol. The molecule has 0 fully saturated rings. The highest BCUT2D eigenvalue weighted by atomic mass is 35.5. The first-order valence-electron chi connectivity index (χ1n) is 11.4. The summed E-state index contributed by atoms with van der Waals surface area (Å²) in [4.78, 5) is 52.1. The molecule has 0 saturated carbocycles. The van der Waals surface area contributed by atoms with E-state index in [9.17, 15) is 19.2 Å². The largest absolute Gasteiger partial charge is 0.352 e. The summed E-state index contributed by atoms with van der Waals surface area (Å²) in [5.41, 5.74) is 0.0913. The van der Waals surface area contributed by atoms with Crippen LogP contribution in [0.1, 0.15) is 47.9 Å². The summed E-state index contributed by atoms with van der Waals surface area (Å²) >= 11 is 5.90. The fraction of sp³-hybridized carbons (Fsp3) is 0.320. The van der Waals surface area contributed by atoms with Crippen LogP contribution in [-0.2, 0) is 13.1 Å². The van der Waals surface area contributed by atoms with E-state index in [0.29, 0.717) is 35.7 Å². The molecule has 0 radical (unpaired) electrons. The van der Waals surface area contributed by atoms with Crippen LogP contribution >= 0.6 is 11.6 Å². The molecule has 2 aromatic carbocycles. The summed E-state index contributed by atoms with van der Waals surface area (Å²) in [5.74, 6) is -0.233. The Morgan fingerprint density at radius 3 is 2.40 bits per heavy atom. The lowest BCUT2D eigenvalue weighted by Crippen LogP contribution is -2.29. The zero-order valence-electron chi connectivity index (χ0n) is 19.7. The van der Waals surface area contributed by atoms with Gasteiger partial charge < -0.3 is 5.32 Å². The molecule has 1 N–H and O–H groups in total. The zero-order valence-corrected chi connectivity index (χ0v) is 20.5. The molecule has 0 aliphatic carbocycles. The van der Waals surface area contributed by atoms with Crippen LogP contribution in [0.3, 0.4) is 0 Å². The topological polar surface area (TPSA) is 107 Å². The van der Waals surface area contributed by atoms with Crippen LogP contribution in [0.4, 0.5) is 0 Å². The minimum absolute atomic E-state index is 0.123. The second kappa shape index (κ2) is 9.87. The molecule has 2 heterocycles. The normalized spacial score (nSPS) is 11.5. The van der Waals surface area contributed by atoms with Gasteiger partial charge in [0.25, 0.3) is 11.5 Å². The van der Waals surface area contributed by atoms with Crippen molar-refractivity contribution >= 4 is 40.0 Å². The van der Waals surface area contributed by atoms with E-state index in [4.69, 9.17) is 11.6 Å². The molecule has 0 saturated heterocycles. The SMILES string of the molecule is CCCn1c(=O)c2ccc(C(=O)NCC(C)C)cc2n2c(=O)n(CC(=O)c3ccc(Cl)cc3)nc12. The first-order valence-corrected chi connectivity index (χ1v) is 11.8. The Morgan fingerprint density at radius 2 is 1.74 bits per heavy atom. The Balaban J connectivity index is 1.87. The number of rotatable bonds is 8. The molecular formula is C25H26ClN5O4. The predicted octanol–water partition coefficient (Wildman–Crippen LogP) is 3.14. The van der Waals surface area contributed by atoms with Crippen LogP contribution in [0.5, 0.6) is 0 Å². The summed E-state index contributed by atoms with van der Waals surface area (Å²) in [5, 5.41) is 7.97. The van der Waals surface area contributed by atoms with E-state index in [1.165, 1.54) is 15.0 Å². The molecule has 182 valence electrons. The molecule has 0 aliphatic rings. The third kappa shape index (κ3) is 4.77. The number of nitrogens with one attached hydrogen (secondary N) is 1. The molecule has 1 amide bonds. The van der Waals surface area contributed by atoms with Crippen LogP contribution in [-0.4, -0.2) is 37.0 Å². The number of hydrogen-bond donors (Lipinski definition) is 1. The number of carbonyl (C=O) groups excluding carboxylic acids is 2. The minimum atomic E-state index is -0.572. The molecule has 4 aromatic rings. The van der Waals surface area contributed by atoms with Gasteiger partial charge in [0, 0.05) is 29.2 Å². The summed E-state index contributed by atoms with van der Waals surface area (Å²) in [6.45, 7) is 6.41. The molecular weight excluding hydrogens is 470 g/mol. The van der Waals surface area contributed by atoms with Gasteiger partial charge in [0.15, 0.2) is 5.78 Å². The van der Waals surface area contributed by atoms with Crippen molar-refractivity contribution in [1.29, 1.82) is 0 Å². The van der Waals surface area contributed by atoms with Crippen molar-refractivity contribution in [3.8, 4) is 0 Å². The smallest absolute Gasteiger partial charge is 0.352 e. The molecule has 9 nitrogen and oxygen atoms in total. The van der Waals surface area contributed by atoms with Crippen LogP contribution in [0.2, 0.25) is 5.02 Å². The zero-order chi connectivity index (χ0) is 25.3. The van der Waals surface area contributed by atoms with Gasteiger partial charge in [-0.15, -0.1) is 5.10 Å². The highest BCUT2D eigenvalue weighted by Gasteiger charge is 2.20. The maximum absolute atomic E-state index is 13.4. The first kappa shape index (κ1) is 24.4. The molecule has 0 atom stereocenters. The van der Waals surface area contributed by atoms with Gasteiger partial charge in [0.05, 0.1) is 10.9 Å². The molecule has 10 heteroatoms. The first-order chi connectivity index (χ1) is 16.7. The molecule has 0 aliphatic heterocycles. The molecule has 35 heavy (non-hydrogen) atoms. The van der Waals surface area contributed by atoms with Gasteiger partial charge in [0.1, 0.15) is 6.54 Å². The second-order valence-corrected chi connectivity index (χ2v) is 9.23. The lowest BCUT2D eigenvalue weighted by molar-refractivity contribution is 0.0946. The van der Waals surface area contributed by atoms with E-state index >= 15 is 0 Å². The summed E-state index contributed by atoms with van der Waals surface area (Å²) < 4.78 is 3.76. The fourth-order valence-electron chi connectivity index (χ4n) is 3.85. The lowest BCUT2D eigenvalue weighted by Gasteiger charge is -2.11. The quantitative estimate of drug-likeness (QED) is 0.378. The molecule has 0 spiro atoms. The van der Waals surface area contributed by atoms with Gasteiger partial charge in [-0.25, -0.2) is 13.9 Å². The molecule has 0 unspecified atom stereocenters. The van der Waals surface area contributed by atoms with Crippen molar-refractivity contribution in [2.45, 2.75) is 40.3 Å². The number of carbonyl (C=O) groups is 2. The predicted molar refractivity (Wildman–Crippen MR) is 134 cm³/mol. The number of benzene rings is 2. The number of aromatic nitrogens is 4. The summed E-state index contributed by atoms with van der Waals surface area (Å²) in [7, 11) is 0. The van der Waals surface area contributed by atoms with Crippen molar-refractivity contribution in [2.24, 2.45) is 5.92 Å². The second-order valence-electron chi connectivity index (χ2n) is 8.80. The monoisotopic (exact) mass is 495 g/mol. The number of aryl methyl sites for hydroxylation is 1. The van der Waals surface area contributed by atoms with E-state index < -0.39 is 5.69 Å². The maximum Gasteiger partial charge on any atom is 0.352 e. The van der Waals surface area contributed by atoms with E-state index in [0.717, 1.165) is 4.68 Å². The number of halogens is 1. The van der Waals surface area contributed by atoms with Crippen LogP contribution in [0, 0.1) is 5.92 Å². The highest BCUT2D eigenvalue weighted by molar-refractivity contribution is 6.30. The Bertz CT molecular complexity index is 1550. The molecule has 0 bridgehead atoms. The molecule has 2 aromatic heterocycles. The average Bonchev–Trinajstić information content (AvgIpc) is 3.15. The third-order valence-electron chi connectivity index (χ3n) is 5.62. The van der Waals surface area contributed by atoms with Crippen molar-refractivity contribution in [3.05, 3.63) is 79.5 Å². The van der Waals surface area contributed by atoms with Gasteiger partial charge >= 0.3 is 5.69 Å². The van der Waals surface area contributed by atoms with E-state index in [1.54, 1.807) is 36.4 Å². The van der Waals surface area contributed by atoms with Gasteiger partial charge in [0.2, 0.25) is 5.78 Å². The van der Waals surface area contributed by atoms with E-state index in [1.807, 2.05) is 20.8 Å². The van der Waals surface area contributed by atoms with E-state index in [2.05, 4.69) is 10.4 Å². The van der Waals surface area contributed by atoms with Gasteiger partial charge in [-0.3, -0.25) is 19.0 Å². The number of Topliss-reactive ketones (excluding diaryl/α,β-unsaturated/α-hetero) is 1. The van der Waals surface area contributed by atoms with Gasteiger partial charge in [-0.1, -0.05) is 32.4 Å². The van der Waals surface area contributed by atoms with Crippen molar-refractivity contribution < 1.29 is 9.59 Å². The van der Waals surface area contributed by atoms with Crippen LogP contribution < -0.4 is 16.6 Å². The summed E-state index contributed by atoms with van der Waals surface area (Å²) in [6, 6.07) is 11.0. The maximum atomic E-state index is 13.4. The number of fused-ring (bicyclic) bond motifs is 3. The van der Waals surface area contributed by atoms with Crippen molar-refractivity contribution in [2.75, 3.05) is 6.54 Å². The van der Waals surface area contributed by atoms with Crippen LogP contribution in [0.15, 0.2) is 52.1 Å². The Kier molecular flexibility index (Phi) is 6.88. The number of amides is 1. The summed E-state index contributed by atoms with van der Waals surface area (Å²) in [6.07, 6.45) is 0.640. The standard InChI is InChI=1S/C25H26ClN5O4/c1-4-11-29-23(34)19-10-7-17(22(33)27-13-15(2)3)12-20(19)31-24(29)28-30(25(31)35)14-21(32)16-5-8-18(26)9-6-16/h5-10,12,15H,4,11,13-14H2,1-3H3,(H,27,33). The van der Waals surface area contributed by atoms with Crippen molar-refractivity contribution in [3.63, 3.8) is 0 Å². The van der Waals surface area contributed by atoms with Crippen LogP contribution in [0.25, 0.3) is 16.7 Å². The van der Waals surface area contributed by atoms with Gasteiger partial charge in [-0.2, -0.15) is 0 Å². The molecule has 4 rings (SSSR count). The minimum Gasteiger partial charge on any atom is -0.352 e. The fourth-order valence-corrected chi connectivity index (χ4v) is 3.97. The Labute approximate surface area is 205 Å². The van der Waals surface area contributed by atoms with Gasteiger partial charge in [-0.05, 0) is 54.8 Å². The lowest BCUT2D eigenvalue weighted by atomic mass is 10.1. The highest BCUT2D eigenvalue weighted by Crippen LogP contribution is 2.15. The Morgan fingerprint density at radius 1 is 1.06 bits per heavy atom. The number of nitrogens with zero attached hydrogens (tertiary/aromatic N) is 4. The number of hydrogen-bond acceptors (Lipinski definition) is 5. The number of ketones is 1. The van der Waals surface area contributed by atoms with Crippen molar-refractivity contribution in [1.82, 2.24) is 24.1 Å². The Hall–Kier alpha value is -3.72.